The molecule has 1 aliphatic heterocycles. The Bertz CT molecular complexity index is 291. The van der Waals surface area contributed by atoms with Crippen LogP contribution in [0, 0.1) is 0 Å². The van der Waals surface area contributed by atoms with Gasteiger partial charge in [0.1, 0.15) is 19.0 Å². The van der Waals surface area contributed by atoms with Crippen LogP contribution >= 0.6 is 0 Å². The molecular weight excluding hydrogens is 184 g/mol. The second-order valence-corrected chi connectivity index (χ2v) is 2.97. The van der Waals surface area contributed by atoms with Crippen LogP contribution in [-0.2, 0) is 6.61 Å². The summed E-state index contributed by atoms with van der Waals surface area (Å²) in [5.74, 6) is 1.96. The van der Waals surface area contributed by atoms with Gasteiger partial charge in [0.05, 0.1) is 13.7 Å². The van der Waals surface area contributed by atoms with Crippen LogP contribution < -0.4 is 14.2 Å². The Balaban J connectivity index is 2.43. The van der Waals surface area contributed by atoms with Crippen LogP contribution in [0.1, 0.15) is 5.56 Å². The van der Waals surface area contributed by atoms with Crippen molar-refractivity contribution < 1.29 is 19.3 Å². The summed E-state index contributed by atoms with van der Waals surface area (Å²) in [6.45, 7) is 1.03. The molecule has 0 aromatic heterocycles. The maximum absolute atomic E-state index is 9.07. The smallest absolute Gasteiger partial charge is 0.165 e. The van der Waals surface area contributed by atoms with E-state index in [1.54, 1.807) is 19.2 Å². The molecule has 1 aromatic rings. The third-order valence-electron chi connectivity index (χ3n) is 2.12. The molecule has 1 aliphatic rings. The molecule has 0 aliphatic carbocycles. The van der Waals surface area contributed by atoms with Gasteiger partial charge >= 0.3 is 0 Å². The Labute approximate surface area is 82.0 Å². The lowest BCUT2D eigenvalue weighted by Crippen LogP contribution is -2.15. The molecule has 0 unspecified atom stereocenters. The zero-order valence-electron chi connectivity index (χ0n) is 7.95. The summed E-state index contributed by atoms with van der Waals surface area (Å²) in [5.41, 5.74) is 0.705. The van der Waals surface area contributed by atoms with E-state index in [2.05, 4.69) is 0 Å². The zero-order valence-corrected chi connectivity index (χ0v) is 7.95. The van der Waals surface area contributed by atoms with Crippen molar-refractivity contribution in [3.05, 3.63) is 17.7 Å². The highest BCUT2D eigenvalue weighted by atomic mass is 16.6. The Hall–Kier alpha value is -1.42. The van der Waals surface area contributed by atoms with Crippen LogP contribution in [0.2, 0.25) is 0 Å². The number of fused-ring (bicyclic) bond motifs is 1. The molecule has 0 saturated carbocycles. The molecule has 0 saturated heterocycles. The molecule has 0 spiro atoms. The molecule has 0 atom stereocenters. The van der Waals surface area contributed by atoms with Gasteiger partial charge in [0.25, 0.3) is 0 Å². The van der Waals surface area contributed by atoms with Gasteiger partial charge in [-0.05, 0) is 6.07 Å². The second kappa shape index (κ2) is 3.75. The summed E-state index contributed by atoms with van der Waals surface area (Å²) in [5, 5.41) is 9.07. The fourth-order valence-corrected chi connectivity index (χ4v) is 1.43. The monoisotopic (exact) mass is 196 g/mol. The number of rotatable bonds is 2. The minimum atomic E-state index is -0.0696. The van der Waals surface area contributed by atoms with Gasteiger partial charge in [-0.15, -0.1) is 0 Å². The number of aliphatic hydroxyl groups is 1. The molecule has 1 N–H and O–H groups in total. The van der Waals surface area contributed by atoms with Gasteiger partial charge in [-0.1, -0.05) is 0 Å². The van der Waals surface area contributed by atoms with Crippen molar-refractivity contribution in [3.8, 4) is 17.2 Å². The number of hydrogen-bond donors (Lipinski definition) is 1. The van der Waals surface area contributed by atoms with Crippen molar-refractivity contribution in [1.29, 1.82) is 0 Å². The fourth-order valence-electron chi connectivity index (χ4n) is 1.43. The average Bonchev–Trinajstić information content (AvgIpc) is 2.27. The normalized spacial score (nSPS) is 13.9. The lowest BCUT2D eigenvalue weighted by atomic mass is 10.2. The Morgan fingerprint density at radius 3 is 2.50 bits per heavy atom. The SMILES string of the molecule is COc1cc2c(cc1CO)OCCO2. The van der Waals surface area contributed by atoms with Crippen molar-refractivity contribution in [1.82, 2.24) is 0 Å². The van der Waals surface area contributed by atoms with E-state index in [1.807, 2.05) is 0 Å². The Morgan fingerprint density at radius 1 is 1.29 bits per heavy atom. The summed E-state index contributed by atoms with van der Waals surface area (Å²) in [4.78, 5) is 0. The first-order valence-electron chi connectivity index (χ1n) is 4.42. The Morgan fingerprint density at radius 2 is 1.93 bits per heavy atom. The number of methoxy groups -OCH3 is 1. The molecule has 0 radical (unpaired) electrons. The third kappa shape index (κ3) is 1.48. The van der Waals surface area contributed by atoms with Crippen molar-refractivity contribution in [2.45, 2.75) is 6.61 Å². The molecule has 4 heteroatoms. The molecule has 0 fully saturated rings. The lowest BCUT2D eigenvalue weighted by Gasteiger charge is -2.20. The fraction of sp³-hybridized carbons (Fsp3) is 0.400. The number of hydrogen-bond acceptors (Lipinski definition) is 4. The molecule has 0 bridgehead atoms. The molecule has 2 rings (SSSR count). The first-order chi connectivity index (χ1) is 6.85. The van der Waals surface area contributed by atoms with Crippen LogP contribution in [0.15, 0.2) is 12.1 Å². The zero-order chi connectivity index (χ0) is 9.97. The summed E-state index contributed by atoms with van der Waals surface area (Å²) in [6.07, 6.45) is 0. The van der Waals surface area contributed by atoms with E-state index < -0.39 is 0 Å². The topological polar surface area (TPSA) is 47.9 Å². The lowest BCUT2D eigenvalue weighted by molar-refractivity contribution is 0.169. The van der Waals surface area contributed by atoms with Gasteiger partial charge < -0.3 is 19.3 Å². The van der Waals surface area contributed by atoms with Crippen LogP contribution in [0.3, 0.4) is 0 Å². The number of ether oxygens (including phenoxy) is 3. The summed E-state index contributed by atoms with van der Waals surface area (Å²) in [6, 6.07) is 3.48. The van der Waals surface area contributed by atoms with E-state index in [4.69, 9.17) is 19.3 Å². The van der Waals surface area contributed by atoms with Crippen LogP contribution in [-0.4, -0.2) is 25.4 Å². The van der Waals surface area contributed by atoms with E-state index in [1.165, 1.54) is 0 Å². The molecule has 14 heavy (non-hydrogen) atoms. The van der Waals surface area contributed by atoms with Crippen molar-refractivity contribution in [3.63, 3.8) is 0 Å². The first-order valence-corrected chi connectivity index (χ1v) is 4.42. The van der Waals surface area contributed by atoms with Gasteiger partial charge in [-0.3, -0.25) is 0 Å². The minimum absolute atomic E-state index is 0.0696. The van der Waals surface area contributed by atoms with Gasteiger partial charge in [-0.25, -0.2) is 0 Å². The van der Waals surface area contributed by atoms with E-state index in [-0.39, 0.29) is 6.61 Å². The van der Waals surface area contributed by atoms with Crippen LogP contribution in [0.4, 0.5) is 0 Å². The first kappa shape index (κ1) is 9.15. The number of aliphatic hydroxyl groups excluding tert-OH is 1. The molecular formula is C10H12O4. The molecule has 1 heterocycles. The van der Waals surface area contributed by atoms with Gasteiger partial charge in [0.2, 0.25) is 0 Å². The largest absolute Gasteiger partial charge is 0.496 e. The van der Waals surface area contributed by atoms with Crippen LogP contribution in [0.5, 0.6) is 17.2 Å². The van der Waals surface area contributed by atoms with Gasteiger partial charge in [0.15, 0.2) is 11.5 Å². The summed E-state index contributed by atoms with van der Waals surface area (Å²) in [7, 11) is 1.56. The average molecular weight is 196 g/mol. The van der Waals surface area contributed by atoms with E-state index in [0.717, 1.165) is 0 Å². The minimum Gasteiger partial charge on any atom is -0.496 e. The van der Waals surface area contributed by atoms with Crippen LogP contribution in [0.25, 0.3) is 0 Å². The highest BCUT2D eigenvalue weighted by Crippen LogP contribution is 2.36. The van der Waals surface area contributed by atoms with E-state index in [9.17, 15) is 0 Å². The highest BCUT2D eigenvalue weighted by molar-refractivity contribution is 5.51. The van der Waals surface area contributed by atoms with E-state index >= 15 is 0 Å². The summed E-state index contributed by atoms with van der Waals surface area (Å²) < 4.78 is 15.9. The number of benzene rings is 1. The van der Waals surface area contributed by atoms with Crippen molar-refractivity contribution >= 4 is 0 Å². The molecule has 0 amide bonds. The maximum Gasteiger partial charge on any atom is 0.165 e. The highest BCUT2D eigenvalue weighted by Gasteiger charge is 2.15. The maximum atomic E-state index is 9.07. The van der Waals surface area contributed by atoms with Crippen molar-refractivity contribution in [2.24, 2.45) is 0 Å². The van der Waals surface area contributed by atoms with E-state index in [0.29, 0.717) is 36.0 Å². The standard InChI is InChI=1S/C10H12O4/c1-12-8-5-10-9(4-7(8)6-11)13-2-3-14-10/h4-5,11H,2-3,6H2,1H3. The van der Waals surface area contributed by atoms with Gasteiger partial charge in [-0.2, -0.15) is 0 Å². The quantitative estimate of drug-likeness (QED) is 0.765. The molecule has 4 nitrogen and oxygen atoms in total. The molecule has 76 valence electrons. The third-order valence-corrected chi connectivity index (χ3v) is 2.12. The predicted molar refractivity (Wildman–Crippen MR) is 49.9 cm³/mol. The predicted octanol–water partition coefficient (Wildman–Crippen LogP) is 0.959. The Kier molecular flexibility index (Phi) is 2.45. The summed E-state index contributed by atoms with van der Waals surface area (Å²) >= 11 is 0. The van der Waals surface area contributed by atoms with Crippen molar-refractivity contribution in [2.75, 3.05) is 20.3 Å². The molecule has 1 aromatic carbocycles. The second-order valence-electron chi connectivity index (χ2n) is 2.97. The van der Waals surface area contributed by atoms with Gasteiger partial charge in [0, 0.05) is 11.6 Å².